The van der Waals surface area contributed by atoms with Gasteiger partial charge >= 0.3 is 0 Å². The molecule has 2 rings (SSSR count). The van der Waals surface area contributed by atoms with Crippen LogP contribution in [0.4, 0.5) is 11.4 Å². The fourth-order valence-corrected chi connectivity index (χ4v) is 5.00. The minimum Gasteiger partial charge on any atom is -0.325 e. The van der Waals surface area contributed by atoms with Gasteiger partial charge in [-0.1, -0.05) is 43.1 Å². The number of thioether (sulfide) groups is 1. The van der Waals surface area contributed by atoms with Crippen molar-refractivity contribution >= 4 is 56.6 Å². The molecule has 2 aromatic rings. The number of anilines is 2. The monoisotopic (exact) mass is 483 g/mol. The summed E-state index contributed by atoms with van der Waals surface area (Å²) in [5.41, 5.74) is 2.00. The second kappa shape index (κ2) is 11.5. The van der Waals surface area contributed by atoms with Crippen LogP contribution in [0.3, 0.4) is 0 Å². The van der Waals surface area contributed by atoms with Crippen LogP contribution in [0.15, 0.2) is 47.4 Å². The van der Waals surface area contributed by atoms with Gasteiger partial charge in [-0.15, -0.1) is 11.8 Å². The zero-order valence-electron chi connectivity index (χ0n) is 17.6. The van der Waals surface area contributed by atoms with Gasteiger partial charge < -0.3 is 10.6 Å². The Morgan fingerprint density at radius 1 is 0.968 bits per heavy atom. The average Bonchev–Trinajstić information content (AvgIpc) is 2.72. The normalized spacial score (nSPS) is 11.4. The zero-order valence-corrected chi connectivity index (χ0v) is 20.0. The number of halogens is 1. The zero-order chi connectivity index (χ0) is 23.0. The number of sulfonamides is 1. The highest BCUT2D eigenvalue weighted by Gasteiger charge is 2.22. The van der Waals surface area contributed by atoms with Crippen LogP contribution >= 0.6 is 23.4 Å². The van der Waals surface area contributed by atoms with Gasteiger partial charge in [-0.05, 0) is 37.3 Å². The number of carbonyl (C=O) groups excluding carboxylic acids is 2. The van der Waals surface area contributed by atoms with E-state index in [1.165, 1.54) is 22.5 Å². The third kappa shape index (κ3) is 7.24. The molecule has 2 aromatic carbocycles. The van der Waals surface area contributed by atoms with Crippen molar-refractivity contribution in [3.8, 4) is 0 Å². The maximum atomic E-state index is 12.7. The molecule has 0 aliphatic carbocycles. The van der Waals surface area contributed by atoms with Crippen molar-refractivity contribution in [3.63, 3.8) is 0 Å². The van der Waals surface area contributed by atoms with Gasteiger partial charge in [0, 0.05) is 18.8 Å². The van der Waals surface area contributed by atoms with Crippen molar-refractivity contribution in [1.29, 1.82) is 0 Å². The van der Waals surface area contributed by atoms with Crippen LogP contribution in [-0.2, 0) is 19.6 Å². The van der Waals surface area contributed by atoms with Crippen molar-refractivity contribution in [2.45, 2.75) is 25.7 Å². The summed E-state index contributed by atoms with van der Waals surface area (Å²) in [5.74, 6) is -0.477. The first-order valence-corrected chi connectivity index (χ1v) is 12.7. The lowest BCUT2D eigenvalue weighted by Crippen LogP contribution is -2.30. The van der Waals surface area contributed by atoms with Gasteiger partial charge in [0.15, 0.2) is 0 Å². The quantitative estimate of drug-likeness (QED) is 0.532. The average molecular weight is 484 g/mol. The van der Waals surface area contributed by atoms with Crippen molar-refractivity contribution in [2.24, 2.45) is 0 Å². The Balaban J connectivity index is 1.93. The summed E-state index contributed by atoms with van der Waals surface area (Å²) >= 11 is 7.27. The molecule has 0 atom stereocenters. The molecule has 0 bridgehead atoms. The van der Waals surface area contributed by atoms with Gasteiger partial charge in [-0.3, -0.25) is 9.59 Å². The minimum absolute atomic E-state index is 0.0185. The highest BCUT2D eigenvalue weighted by atomic mass is 35.5. The van der Waals surface area contributed by atoms with Gasteiger partial charge in [0.25, 0.3) is 0 Å². The molecule has 0 aromatic heterocycles. The van der Waals surface area contributed by atoms with E-state index in [1.807, 2.05) is 31.2 Å². The molecule has 7 nitrogen and oxygen atoms in total. The summed E-state index contributed by atoms with van der Waals surface area (Å²) in [4.78, 5) is 24.3. The van der Waals surface area contributed by atoms with Crippen molar-refractivity contribution in [3.05, 3.63) is 53.1 Å². The van der Waals surface area contributed by atoms with Crippen LogP contribution in [0.25, 0.3) is 0 Å². The first kappa shape index (κ1) is 25.2. The Morgan fingerprint density at radius 2 is 1.55 bits per heavy atom. The maximum absolute atomic E-state index is 12.7. The van der Waals surface area contributed by atoms with Crippen LogP contribution in [0.2, 0.25) is 5.02 Å². The lowest BCUT2D eigenvalue weighted by atomic mass is 10.2. The number of hydrogen-bond acceptors (Lipinski definition) is 5. The summed E-state index contributed by atoms with van der Waals surface area (Å²) in [6.45, 7) is 6.15. The largest absolute Gasteiger partial charge is 0.325 e. The van der Waals surface area contributed by atoms with Gasteiger partial charge in [0.05, 0.1) is 27.1 Å². The molecule has 168 valence electrons. The summed E-state index contributed by atoms with van der Waals surface area (Å²) in [5, 5.41) is 5.61. The van der Waals surface area contributed by atoms with Crippen molar-refractivity contribution < 1.29 is 18.0 Å². The number of rotatable bonds is 10. The van der Waals surface area contributed by atoms with Crippen LogP contribution in [-0.4, -0.2) is 49.1 Å². The number of carbonyl (C=O) groups is 2. The number of hydrogen-bond donors (Lipinski definition) is 2. The van der Waals surface area contributed by atoms with Crippen molar-refractivity contribution in [2.75, 3.05) is 35.2 Å². The fourth-order valence-electron chi connectivity index (χ4n) is 2.73. The maximum Gasteiger partial charge on any atom is 0.243 e. The predicted molar refractivity (Wildman–Crippen MR) is 127 cm³/mol. The molecular weight excluding hydrogens is 458 g/mol. The number of benzene rings is 2. The van der Waals surface area contributed by atoms with E-state index in [9.17, 15) is 18.0 Å². The Kier molecular flexibility index (Phi) is 9.36. The van der Waals surface area contributed by atoms with E-state index in [-0.39, 0.29) is 38.9 Å². The Hall–Kier alpha value is -2.07. The van der Waals surface area contributed by atoms with Crippen LogP contribution < -0.4 is 10.6 Å². The smallest absolute Gasteiger partial charge is 0.243 e. The molecule has 10 heteroatoms. The second-order valence-electron chi connectivity index (χ2n) is 6.69. The molecule has 0 fully saturated rings. The topological polar surface area (TPSA) is 95.6 Å². The molecule has 2 N–H and O–H groups in total. The summed E-state index contributed by atoms with van der Waals surface area (Å²) < 4.78 is 26.7. The molecule has 0 saturated heterocycles. The van der Waals surface area contributed by atoms with E-state index >= 15 is 0 Å². The van der Waals surface area contributed by atoms with E-state index < -0.39 is 10.0 Å². The highest BCUT2D eigenvalue weighted by molar-refractivity contribution is 8.00. The Morgan fingerprint density at radius 3 is 2.13 bits per heavy atom. The molecule has 0 heterocycles. The van der Waals surface area contributed by atoms with Crippen LogP contribution in [0.5, 0.6) is 0 Å². The van der Waals surface area contributed by atoms with Crippen LogP contribution in [0.1, 0.15) is 19.4 Å². The number of nitrogens with one attached hydrogen (secondary N) is 2. The predicted octanol–water partition coefficient (Wildman–Crippen LogP) is 3.99. The molecule has 2 amide bonds. The molecule has 0 aliphatic rings. The number of nitrogens with zero attached hydrogens (tertiary/aromatic N) is 1. The van der Waals surface area contributed by atoms with E-state index in [0.717, 1.165) is 17.3 Å². The fraction of sp³-hybridized carbons (Fsp3) is 0.333. The SMILES string of the molecule is CCN(CC)S(=O)(=O)c1ccc(Cl)c(NC(=O)CSCC(=O)Nc2ccc(C)cc2)c1. The molecule has 0 saturated carbocycles. The number of amides is 2. The van der Waals surface area contributed by atoms with Gasteiger partial charge in [-0.2, -0.15) is 4.31 Å². The van der Waals surface area contributed by atoms with Gasteiger partial charge in [-0.25, -0.2) is 8.42 Å². The van der Waals surface area contributed by atoms with E-state index in [0.29, 0.717) is 18.8 Å². The molecule has 0 unspecified atom stereocenters. The minimum atomic E-state index is -3.67. The number of aryl methyl sites for hydroxylation is 1. The second-order valence-corrected chi connectivity index (χ2v) is 10.0. The molecule has 0 spiro atoms. The lowest BCUT2D eigenvalue weighted by molar-refractivity contribution is -0.114. The molecular formula is C21H26ClN3O4S2. The van der Waals surface area contributed by atoms with Crippen LogP contribution in [0, 0.1) is 6.92 Å². The van der Waals surface area contributed by atoms with Gasteiger partial charge in [0.1, 0.15) is 0 Å². The molecule has 31 heavy (non-hydrogen) atoms. The molecule has 0 radical (unpaired) electrons. The molecule has 0 aliphatic heterocycles. The highest BCUT2D eigenvalue weighted by Crippen LogP contribution is 2.27. The Bertz CT molecular complexity index is 1020. The third-order valence-electron chi connectivity index (χ3n) is 4.36. The third-order valence-corrected chi connectivity index (χ3v) is 7.66. The first-order chi connectivity index (χ1) is 14.7. The first-order valence-electron chi connectivity index (χ1n) is 9.71. The Labute approximate surface area is 192 Å². The van der Waals surface area contributed by atoms with Crippen molar-refractivity contribution in [1.82, 2.24) is 4.31 Å². The summed E-state index contributed by atoms with van der Waals surface area (Å²) in [7, 11) is -3.67. The lowest BCUT2D eigenvalue weighted by Gasteiger charge is -2.19. The van der Waals surface area contributed by atoms with E-state index in [4.69, 9.17) is 11.6 Å². The van der Waals surface area contributed by atoms with Gasteiger partial charge in [0.2, 0.25) is 21.8 Å². The van der Waals surface area contributed by atoms with E-state index in [2.05, 4.69) is 10.6 Å². The summed E-state index contributed by atoms with van der Waals surface area (Å²) in [6, 6.07) is 11.6. The summed E-state index contributed by atoms with van der Waals surface area (Å²) in [6.07, 6.45) is 0. The standard InChI is InChI=1S/C21H26ClN3O4S2/c1-4-25(5-2)31(28,29)17-10-11-18(22)19(12-17)24-21(27)14-30-13-20(26)23-16-8-6-15(3)7-9-16/h6-12H,4-5,13-14H2,1-3H3,(H,23,26)(H,24,27). The van der Waals surface area contributed by atoms with E-state index in [1.54, 1.807) is 13.8 Å².